The van der Waals surface area contributed by atoms with Crippen molar-refractivity contribution in [1.29, 1.82) is 0 Å². The van der Waals surface area contributed by atoms with Crippen molar-refractivity contribution >= 4 is 5.97 Å². The number of unbranched alkanes of at least 4 members (excludes halogenated alkanes) is 6. The number of carboxylic acids is 1. The van der Waals surface area contributed by atoms with Crippen LogP contribution in [0.5, 0.6) is 0 Å². The van der Waals surface area contributed by atoms with Gasteiger partial charge in [-0.25, -0.2) is 0 Å². The maximum atomic E-state index is 12.4. The molecular formula is C50H88O29. The molecule has 6 aliphatic heterocycles. The van der Waals surface area contributed by atoms with E-state index in [1.165, 1.54) is 27.7 Å². The summed E-state index contributed by atoms with van der Waals surface area (Å²) in [6, 6.07) is 0. The van der Waals surface area contributed by atoms with E-state index in [9.17, 15) is 81.4 Å². The Balaban J connectivity index is 1.27. The van der Waals surface area contributed by atoms with Crippen LogP contribution in [0.25, 0.3) is 0 Å². The Labute approximate surface area is 457 Å². The van der Waals surface area contributed by atoms with Crippen molar-refractivity contribution in [3.05, 3.63) is 0 Å². The van der Waals surface area contributed by atoms with Crippen LogP contribution in [-0.4, -0.2) is 291 Å². The monoisotopic (exact) mass is 1150 g/mol. The molecule has 6 aliphatic rings. The van der Waals surface area contributed by atoms with E-state index in [0.29, 0.717) is 12.8 Å². The van der Waals surface area contributed by atoms with E-state index < -0.39 is 210 Å². The molecule has 29 nitrogen and oxygen atoms in total. The van der Waals surface area contributed by atoms with Gasteiger partial charge in [0.25, 0.3) is 0 Å². The zero-order valence-electron chi connectivity index (χ0n) is 45.2. The molecule has 6 fully saturated rings. The van der Waals surface area contributed by atoms with Crippen molar-refractivity contribution < 1.29 is 143 Å². The average molecular weight is 1150 g/mol. The summed E-state index contributed by atoms with van der Waals surface area (Å²) >= 11 is 0. The Morgan fingerprint density at radius 2 is 0.734 bits per heavy atom. The minimum Gasteiger partial charge on any atom is -0.481 e. The SMILES string of the molecule is CC(C)[C@@H](CCCCCCCCCC(=O)O)O[C@@H]1O[C@H](C)[C@@H](O)[C@H](O)[C@H]1O[C@@H]1O[C@H](CO)[C@@H](O)[C@H](O)[C@H]1O[C@@H]1O[C@@H](C)[C@H](O[C@@H]2O[C@H](C)[C@H](O)[C@H](O)[C@H]2O)[C@@H](O[C@@H]2O[C@H](CO)[C@H](O)[C@H](O)[C@H]2O[C@@H]2O[C@H](C)[C@@H](O)[C@H](O)[C@H]2O)[C@H]1O. The molecular weight excluding hydrogens is 1060 g/mol. The minimum absolute atomic E-state index is 0.110. The summed E-state index contributed by atoms with van der Waals surface area (Å²) in [5.74, 6) is -0.937. The Morgan fingerprint density at radius 1 is 0.380 bits per heavy atom. The zero-order valence-corrected chi connectivity index (χ0v) is 45.2. The number of aliphatic carboxylic acids is 1. The van der Waals surface area contributed by atoms with E-state index >= 15 is 0 Å². The summed E-state index contributed by atoms with van der Waals surface area (Å²) in [6.45, 7) is 7.57. The maximum absolute atomic E-state index is 12.4. The van der Waals surface area contributed by atoms with Crippen LogP contribution in [0, 0.1) is 5.92 Å². The van der Waals surface area contributed by atoms with Gasteiger partial charge >= 0.3 is 5.97 Å². The van der Waals surface area contributed by atoms with Crippen LogP contribution in [0.4, 0.5) is 0 Å². The third kappa shape index (κ3) is 16.0. The van der Waals surface area contributed by atoms with Crippen molar-refractivity contribution in [2.75, 3.05) is 13.2 Å². The second kappa shape index (κ2) is 30.0. The highest BCUT2D eigenvalue weighted by molar-refractivity contribution is 5.66. The van der Waals surface area contributed by atoms with Gasteiger partial charge < -0.3 is 139 Å². The van der Waals surface area contributed by atoms with Crippen LogP contribution in [0.15, 0.2) is 0 Å². The standard InChI is InChI=1S/C50H88O29/c1-18(2)23(14-12-10-8-7-9-11-13-15-26(53)54)72-48-42(34(62)29(57)21(5)70-48)79-50-44(36(64)31(59)25(17-52)74-50)78-47-39(67)41(40(22(6)71-47)75-45-37(65)32(60)27(55)19(3)68-45)76-49-43(35(63)30(58)24(16-51)73-49)77-46-38(66)33(61)28(56)20(4)69-46/h18-25,27-52,55-67H,7-17H2,1-6H3,(H,53,54)/t19-,20-,21-,22+,23-,24-,25-,27+,28-,29-,30+,31-,32+,33+,34+,35+,36+,37-,38-,39-,40+,41+,42-,43-,44-,45+,46+,47+,48+,49+,50+/m1/s1. The molecule has 29 heteroatoms. The number of rotatable bonds is 25. The van der Waals surface area contributed by atoms with Crippen LogP contribution in [0.2, 0.25) is 0 Å². The number of aliphatic hydroxyl groups is 15. The van der Waals surface area contributed by atoms with E-state index in [1.54, 1.807) is 0 Å². The molecule has 0 aromatic heterocycles. The highest BCUT2D eigenvalue weighted by Gasteiger charge is 2.58. The van der Waals surface area contributed by atoms with Crippen molar-refractivity contribution in [2.45, 2.75) is 290 Å². The van der Waals surface area contributed by atoms with Gasteiger partial charge in [0.05, 0.1) is 43.7 Å². The highest BCUT2D eigenvalue weighted by atomic mass is 16.8. The van der Waals surface area contributed by atoms with E-state index in [1.807, 2.05) is 13.8 Å². The fraction of sp³-hybridized carbons (Fsp3) is 0.980. The molecule has 0 unspecified atom stereocenters. The van der Waals surface area contributed by atoms with Gasteiger partial charge in [-0.2, -0.15) is 0 Å². The minimum atomic E-state index is -2.20. The molecule has 6 rings (SSSR count). The Kier molecular flexibility index (Phi) is 25.2. The van der Waals surface area contributed by atoms with Gasteiger partial charge in [0, 0.05) is 6.42 Å². The van der Waals surface area contributed by atoms with Gasteiger partial charge in [0.2, 0.25) is 0 Å². The molecule has 31 atom stereocenters. The molecule has 0 bridgehead atoms. The predicted octanol–water partition coefficient (Wildman–Crippen LogP) is -5.35. The summed E-state index contributed by atoms with van der Waals surface area (Å²) in [5, 5.41) is 174. The smallest absolute Gasteiger partial charge is 0.303 e. The van der Waals surface area contributed by atoms with E-state index in [2.05, 4.69) is 0 Å². The van der Waals surface area contributed by atoms with Gasteiger partial charge in [-0.3, -0.25) is 4.79 Å². The molecule has 0 aromatic carbocycles. The van der Waals surface area contributed by atoms with Crippen LogP contribution >= 0.6 is 0 Å². The fourth-order valence-electron chi connectivity index (χ4n) is 10.6. The third-order valence-electron chi connectivity index (χ3n) is 15.7. The molecule has 0 aromatic rings. The van der Waals surface area contributed by atoms with E-state index in [-0.39, 0.29) is 12.3 Å². The molecule has 0 aliphatic carbocycles. The van der Waals surface area contributed by atoms with Gasteiger partial charge in [-0.05, 0) is 46.5 Å². The molecule has 16 N–H and O–H groups in total. The molecule has 0 radical (unpaired) electrons. The van der Waals surface area contributed by atoms with Gasteiger partial charge in [-0.15, -0.1) is 0 Å². The predicted molar refractivity (Wildman–Crippen MR) is 260 cm³/mol. The molecule has 79 heavy (non-hydrogen) atoms. The number of hydrogen-bond donors (Lipinski definition) is 16. The number of ether oxygens (including phenoxy) is 12. The molecule has 0 amide bonds. The molecule has 0 saturated carbocycles. The lowest BCUT2D eigenvalue weighted by atomic mass is 9.95. The summed E-state index contributed by atoms with van der Waals surface area (Å²) in [7, 11) is 0. The van der Waals surface area contributed by atoms with Gasteiger partial charge in [-0.1, -0.05) is 52.4 Å². The van der Waals surface area contributed by atoms with E-state index in [0.717, 1.165) is 38.5 Å². The third-order valence-corrected chi connectivity index (χ3v) is 15.7. The summed E-state index contributed by atoms with van der Waals surface area (Å²) in [6.07, 6.45) is -46.3. The van der Waals surface area contributed by atoms with Crippen LogP contribution in [0.1, 0.15) is 99.3 Å². The second-order valence-corrected chi connectivity index (χ2v) is 22.0. The average Bonchev–Trinajstić information content (AvgIpc) is 3.54. The summed E-state index contributed by atoms with van der Waals surface area (Å²) in [4.78, 5) is 10.8. The number of hydrogen-bond acceptors (Lipinski definition) is 28. The lowest BCUT2D eigenvalue weighted by Crippen LogP contribution is -2.69. The summed E-state index contributed by atoms with van der Waals surface area (Å²) < 4.78 is 72.7. The fourth-order valence-corrected chi connectivity index (χ4v) is 10.6. The van der Waals surface area contributed by atoms with Gasteiger partial charge in [0.1, 0.15) is 122 Å². The Morgan fingerprint density at radius 3 is 1.19 bits per heavy atom. The molecule has 6 heterocycles. The first-order valence-electron chi connectivity index (χ1n) is 27.4. The Bertz CT molecular complexity index is 1810. The molecule has 0 spiro atoms. The van der Waals surface area contributed by atoms with Crippen molar-refractivity contribution in [3.8, 4) is 0 Å². The first kappa shape index (κ1) is 66.5. The first-order valence-corrected chi connectivity index (χ1v) is 27.4. The van der Waals surface area contributed by atoms with E-state index in [4.69, 9.17) is 61.9 Å². The Hall–Kier alpha value is -1.61. The van der Waals surface area contributed by atoms with Crippen molar-refractivity contribution in [3.63, 3.8) is 0 Å². The van der Waals surface area contributed by atoms with Crippen LogP contribution < -0.4 is 0 Å². The van der Waals surface area contributed by atoms with Crippen LogP contribution in [-0.2, 0) is 61.6 Å². The highest BCUT2D eigenvalue weighted by Crippen LogP contribution is 2.39. The molecule has 462 valence electrons. The number of carboxylic acid groups (broad SMARTS) is 1. The zero-order chi connectivity index (χ0) is 58.3. The topological polar surface area (TPSA) is 452 Å². The number of carbonyl (C=O) groups is 1. The normalized spacial score (nSPS) is 47.5. The lowest BCUT2D eigenvalue weighted by Gasteiger charge is -2.51. The van der Waals surface area contributed by atoms with Crippen LogP contribution in [0.3, 0.4) is 0 Å². The number of aliphatic hydroxyl groups excluding tert-OH is 15. The molecule has 6 saturated heterocycles. The van der Waals surface area contributed by atoms with Gasteiger partial charge in [0.15, 0.2) is 37.7 Å². The first-order chi connectivity index (χ1) is 37.3. The maximum Gasteiger partial charge on any atom is 0.303 e. The second-order valence-electron chi connectivity index (χ2n) is 22.0. The van der Waals surface area contributed by atoms with Crippen molar-refractivity contribution in [2.24, 2.45) is 5.92 Å². The largest absolute Gasteiger partial charge is 0.481 e. The lowest BCUT2D eigenvalue weighted by molar-refractivity contribution is -0.414. The van der Waals surface area contributed by atoms with Crippen molar-refractivity contribution in [1.82, 2.24) is 0 Å². The quantitative estimate of drug-likeness (QED) is 0.0380. The summed E-state index contributed by atoms with van der Waals surface area (Å²) in [5.41, 5.74) is 0.